The van der Waals surface area contributed by atoms with E-state index >= 15 is 0 Å². The van der Waals surface area contributed by atoms with Crippen LogP contribution in [0.1, 0.15) is 34.0 Å². The SMILES string of the molecule is CCOc1ccc(C(=O)O)cc1/C=C1\C(=O)NC(=O)N(c2cccc(C)c2C)C1=O. The summed E-state index contributed by atoms with van der Waals surface area (Å²) in [6.07, 6.45) is 1.24. The number of nitrogens with one attached hydrogen (secondary N) is 1. The quantitative estimate of drug-likeness (QED) is 0.581. The van der Waals surface area contributed by atoms with E-state index in [1.54, 1.807) is 26.0 Å². The molecule has 1 aliphatic heterocycles. The van der Waals surface area contributed by atoms with E-state index in [9.17, 15) is 24.3 Å². The van der Waals surface area contributed by atoms with Gasteiger partial charge in [-0.2, -0.15) is 0 Å². The number of barbiturate groups is 1. The highest BCUT2D eigenvalue weighted by Crippen LogP contribution is 2.29. The van der Waals surface area contributed by atoms with Gasteiger partial charge in [-0.3, -0.25) is 14.9 Å². The molecule has 0 bridgehead atoms. The van der Waals surface area contributed by atoms with Crippen LogP contribution in [0, 0.1) is 13.8 Å². The Morgan fingerprint density at radius 1 is 1.17 bits per heavy atom. The third-order valence-corrected chi connectivity index (χ3v) is 4.78. The topological polar surface area (TPSA) is 113 Å². The van der Waals surface area contributed by atoms with Gasteiger partial charge in [-0.05, 0) is 62.2 Å². The van der Waals surface area contributed by atoms with Gasteiger partial charge in [0.1, 0.15) is 11.3 Å². The fourth-order valence-electron chi connectivity index (χ4n) is 3.09. The molecule has 2 aromatic carbocycles. The van der Waals surface area contributed by atoms with Gasteiger partial charge in [0.2, 0.25) is 0 Å². The van der Waals surface area contributed by atoms with Crippen LogP contribution in [-0.4, -0.2) is 35.5 Å². The standard InChI is InChI=1S/C22H20N2O6/c1-4-30-18-9-8-14(21(27)28)10-15(18)11-16-19(25)23-22(29)24(20(16)26)17-7-5-6-12(2)13(17)3/h5-11H,4H2,1-3H3,(H,27,28)(H,23,25,29)/b16-11+. The van der Waals surface area contributed by atoms with Gasteiger partial charge < -0.3 is 9.84 Å². The maximum atomic E-state index is 13.1. The summed E-state index contributed by atoms with van der Waals surface area (Å²) in [5.41, 5.74) is 1.86. The third-order valence-electron chi connectivity index (χ3n) is 4.78. The van der Waals surface area contributed by atoms with Gasteiger partial charge in [0.15, 0.2) is 0 Å². The summed E-state index contributed by atoms with van der Waals surface area (Å²) >= 11 is 0. The fourth-order valence-corrected chi connectivity index (χ4v) is 3.09. The number of aryl methyl sites for hydroxylation is 1. The summed E-state index contributed by atoms with van der Waals surface area (Å²) in [6.45, 7) is 5.67. The number of imide groups is 2. The molecule has 154 valence electrons. The Bertz CT molecular complexity index is 1100. The number of hydrogen-bond acceptors (Lipinski definition) is 5. The van der Waals surface area contributed by atoms with Crippen molar-refractivity contribution >= 4 is 35.6 Å². The van der Waals surface area contributed by atoms with Crippen molar-refractivity contribution < 1.29 is 29.0 Å². The maximum absolute atomic E-state index is 13.1. The molecular weight excluding hydrogens is 388 g/mol. The largest absolute Gasteiger partial charge is 0.493 e. The Morgan fingerprint density at radius 3 is 2.57 bits per heavy atom. The van der Waals surface area contributed by atoms with Crippen molar-refractivity contribution in [3.8, 4) is 5.75 Å². The van der Waals surface area contributed by atoms with Gasteiger partial charge in [-0.1, -0.05) is 12.1 Å². The zero-order chi connectivity index (χ0) is 22.0. The summed E-state index contributed by atoms with van der Waals surface area (Å²) in [7, 11) is 0. The van der Waals surface area contributed by atoms with Crippen LogP contribution in [0.3, 0.4) is 0 Å². The van der Waals surface area contributed by atoms with E-state index in [1.165, 1.54) is 24.3 Å². The van der Waals surface area contributed by atoms with Crippen molar-refractivity contribution in [1.82, 2.24) is 5.32 Å². The van der Waals surface area contributed by atoms with Gasteiger partial charge in [0, 0.05) is 5.56 Å². The highest BCUT2D eigenvalue weighted by molar-refractivity contribution is 6.39. The van der Waals surface area contributed by atoms with Crippen molar-refractivity contribution in [3.63, 3.8) is 0 Å². The zero-order valence-electron chi connectivity index (χ0n) is 16.7. The number of carboxylic acids is 1. The molecule has 0 spiro atoms. The van der Waals surface area contributed by atoms with Crippen molar-refractivity contribution in [2.75, 3.05) is 11.5 Å². The molecule has 8 nitrogen and oxygen atoms in total. The Morgan fingerprint density at radius 2 is 1.90 bits per heavy atom. The molecule has 3 rings (SSSR count). The minimum atomic E-state index is -1.16. The number of benzene rings is 2. The molecule has 8 heteroatoms. The number of rotatable bonds is 5. The average Bonchev–Trinajstić information content (AvgIpc) is 2.69. The molecule has 0 unspecified atom stereocenters. The minimum absolute atomic E-state index is 0.0311. The van der Waals surface area contributed by atoms with Gasteiger partial charge in [-0.15, -0.1) is 0 Å². The molecule has 1 saturated heterocycles. The van der Waals surface area contributed by atoms with E-state index in [1.807, 2.05) is 13.0 Å². The van der Waals surface area contributed by atoms with Crippen LogP contribution in [0.25, 0.3) is 6.08 Å². The minimum Gasteiger partial charge on any atom is -0.493 e. The predicted octanol–water partition coefficient (Wildman–Crippen LogP) is 3.07. The van der Waals surface area contributed by atoms with E-state index in [4.69, 9.17) is 4.74 Å². The normalized spacial score (nSPS) is 15.4. The lowest BCUT2D eigenvalue weighted by atomic mass is 10.0. The van der Waals surface area contributed by atoms with Crippen LogP contribution < -0.4 is 15.0 Å². The Kier molecular flexibility index (Phi) is 5.68. The number of amides is 4. The van der Waals surface area contributed by atoms with Crippen LogP contribution in [0.5, 0.6) is 5.75 Å². The molecular formula is C22H20N2O6. The van der Waals surface area contributed by atoms with Crippen molar-refractivity contribution in [1.29, 1.82) is 0 Å². The van der Waals surface area contributed by atoms with Crippen LogP contribution in [0.4, 0.5) is 10.5 Å². The number of hydrogen-bond donors (Lipinski definition) is 2. The summed E-state index contributed by atoms with van der Waals surface area (Å²) in [6, 6.07) is 8.45. The van der Waals surface area contributed by atoms with Gasteiger partial charge in [-0.25, -0.2) is 14.5 Å². The van der Waals surface area contributed by atoms with Crippen LogP contribution in [0.15, 0.2) is 42.0 Å². The van der Waals surface area contributed by atoms with Gasteiger partial charge in [0.05, 0.1) is 17.9 Å². The predicted molar refractivity (Wildman–Crippen MR) is 109 cm³/mol. The Labute approximate surface area is 172 Å². The van der Waals surface area contributed by atoms with Crippen LogP contribution in [0.2, 0.25) is 0 Å². The number of nitrogens with zero attached hydrogens (tertiary/aromatic N) is 1. The van der Waals surface area contributed by atoms with E-state index in [-0.39, 0.29) is 16.7 Å². The molecule has 4 amide bonds. The first-order valence-corrected chi connectivity index (χ1v) is 9.22. The zero-order valence-corrected chi connectivity index (χ0v) is 16.7. The van der Waals surface area contributed by atoms with E-state index in [0.717, 1.165) is 16.0 Å². The molecule has 1 heterocycles. The highest BCUT2D eigenvalue weighted by atomic mass is 16.5. The number of carboxylic acid groups (broad SMARTS) is 1. The Balaban J connectivity index is 2.12. The van der Waals surface area contributed by atoms with Crippen molar-refractivity contribution in [3.05, 3.63) is 64.2 Å². The lowest BCUT2D eigenvalue weighted by Crippen LogP contribution is -2.54. The third kappa shape index (κ3) is 3.80. The molecule has 2 N–H and O–H groups in total. The second-order valence-electron chi connectivity index (χ2n) is 6.67. The molecule has 0 atom stereocenters. The lowest BCUT2D eigenvalue weighted by Gasteiger charge is -2.28. The number of carbonyl (C=O) groups is 4. The van der Waals surface area contributed by atoms with Crippen molar-refractivity contribution in [2.24, 2.45) is 0 Å². The first-order chi connectivity index (χ1) is 14.2. The fraction of sp³-hybridized carbons (Fsp3) is 0.182. The molecule has 0 saturated carbocycles. The number of urea groups is 1. The lowest BCUT2D eigenvalue weighted by molar-refractivity contribution is -0.122. The van der Waals surface area contributed by atoms with Crippen molar-refractivity contribution in [2.45, 2.75) is 20.8 Å². The molecule has 0 radical (unpaired) electrons. The number of anilines is 1. The second-order valence-corrected chi connectivity index (χ2v) is 6.67. The monoisotopic (exact) mass is 408 g/mol. The van der Waals surface area contributed by atoms with E-state index in [0.29, 0.717) is 18.0 Å². The molecule has 0 aromatic heterocycles. The van der Waals surface area contributed by atoms with Gasteiger partial charge >= 0.3 is 12.0 Å². The maximum Gasteiger partial charge on any atom is 0.335 e. The highest BCUT2D eigenvalue weighted by Gasteiger charge is 2.37. The van der Waals surface area contributed by atoms with E-state index in [2.05, 4.69) is 5.32 Å². The van der Waals surface area contributed by atoms with Crippen LogP contribution >= 0.6 is 0 Å². The first kappa shape index (κ1) is 20.8. The molecule has 1 aliphatic rings. The van der Waals surface area contributed by atoms with Crippen LogP contribution in [-0.2, 0) is 9.59 Å². The summed E-state index contributed by atoms with van der Waals surface area (Å²) in [5.74, 6) is -2.52. The van der Waals surface area contributed by atoms with E-state index < -0.39 is 23.8 Å². The molecule has 2 aromatic rings. The first-order valence-electron chi connectivity index (χ1n) is 9.22. The van der Waals surface area contributed by atoms with Gasteiger partial charge in [0.25, 0.3) is 11.8 Å². The molecule has 0 aliphatic carbocycles. The summed E-state index contributed by atoms with van der Waals surface area (Å²) in [5, 5.41) is 11.4. The second kappa shape index (κ2) is 8.20. The molecule has 30 heavy (non-hydrogen) atoms. The molecule has 1 fully saturated rings. The Hall–Kier alpha value is -3.94. The number of carbonyl (C=O) groups excluding carboxylic acids is 3. The number of ether oxygens (including phenoxy) is 1. The average molecular weight is 408 g/mol. The summed E-state index contributed by atoms with van der Waals surface area (Å²) in [4.78, 5) is 50.2. The summed E-state index contributed by atoms with van der Waals surface area (Å²) < 4.78 is 5.49. The number of aromatic carboxylic acids is 1. The smallest absolute Gasteiger partial charge is 0.335 e.